The average Bonchev–Trinajstić information content (AvgIpc) is 2.85. The van der Waals surface area contributed by atoms with E-state index in [0.717, 1.165) is 56.2 Å². The molecule has 1 aliphatic rings. The number of aromatic nitrogens is 1. The van der Waals surface area contributed by atoms with Gasteiger partial charge < -0.3 is 19.5 Å². The average molecular weight is 428 g/mol. The fourth-order valence-electron chi connectivity index (χ4n) is 3.23. The van der Waals surface area contributed by atoms with Crippen molar-refractivity contribution in [3.05, 3.63) is 41.3 Å². The van der Waals surface area contributed by atoms with Gasteiger partial charge in [-0.2, -0.15) is 0 Å². The highest BCUT2D eigenvalue weighted by Crippen LogP contribution is 2.24. The van der Waals surface area contributed by atoms with Crippen molar-refractivity contribution in [3.8, 4) is 5.75 Å². The molecule has 0 spiro atoms. The van der Waals surface area contributed by atoms with Crippen molar-refractivity contribution in [1.29, 1.82) is 0 Å². The molecule has 0 aliphatic carbocycles. The van der Waals surface area contributed by atoms with E-state index in [4.69, 9.17) is 16.7 Å². The lowest BCUT2D eigenvalue weighted by Crippen LogP contribution is -2.37. The number of alkyl halides is 3. The van der Waals surface area contributed by atoms with Crippen molar-refractivity contribution >= 4 is 23.0 Å². The summed E-state index contributed by atoms with van der Waals surface area (Å²) in [6, 6.07) is 5.53. The van der Waals surface area contributed by atoms with Gasteiger partial charge in [0.25, 0.3) is 0 Å². The van der Waals surface area contributed by atoms with E-state index in [9.17, 15) is 13.2 Å². The molecule has 3 rings (SSSR count). The van der Waals surface area contributed by atoms with Gasteiger partial charge in [-0.3, -0.25) is 4.90 Å². The number of hydrogen-bond donors (Lipinski definition) is 1. The Balaban J connectivity index is 1.53. The van der Waals surface area contributed by atoms with E-state index >= 15 is 0 Å². The molecule has 0 radical (unpaired) electrons. The molecule has 0 unspecified atom stereocenters. The highest BCUT2D eigenvalue weighted by atomic mass is 32.1. The molecular formula is C19H23F3N4O2S. The van der Waals surface area contributed by atoms with Crippen LogP contribution in [0.25, 0.3) is 0 Å². The Morgan fingerprint density at radius 2 is 1.90 bits per heavy atom. The Morgan fingerprint density at radius 1 is 1.17 bits per heavy atom. The maximum absolute atomic E-state index is 12.3. The SMILES string of the molecule is Cc1noc(C)c1CN1CCCN(C(=S)Nc2ccc(OC(F)(F)F)cc2)CC1. The van der Waals surface area contributed by atoms with Gasteiger partial charge in [0.05, 0.1) is 5.69 Å². The van der Waals surface area contributed by atoms with E-state index in [1.165, 1.54) is 24.3 Å². The van der Waals surface area contributed by atoms with Gasteiger partial charge in [0.2, 0.25) is 0 Å². The van der Waals surface area contributed by atoms with Crippen LogP contribution >= 0.6 is 12.2 Å². The number of rotatable bonds is 4. The fraction of sp³-hybridized carbons (Fsp3) is 0.474. The summed E-state index contributed by atoms with van der Waals surface area (Å²) in [5, 5.41) is 7.64. The van der Waals surface area contributed by atoms with Crippen molar-refractivity contribution < 1.29 is 22.4 Å². The number of hydrogen-bond acceptors (Lipinski definition) is 5. The predicted molar refractivity (Wildman–Crippen MR) is 107 cm³/mol. The zero-order chi connectivity index (χ0) is 21.0. The Hall–Kier alpha value is -2.33. The number of aryl methyl sites for hydroxylation is 2. The zero-order valence-corrected chi connectivity index (χ0v) is 17.1. The van der Waals surface area contributed by atoms with Crippen LogP contribution in [0.5, 0.6) is 5.75 Å². The Morgan fingerprint density at radius 3 is 2.52 bits per heavy atom. The summed E-state index contributed by atoms with van der Waals surface area (Å²) in [6.45, 7) is 7.99. The van der Waals surface area contributed by atoms with Crippen LogP contribution in [-0.4, -0.2) is 52.6 Å². The smallest absolute Gasteiger partial charge is 0.406 e. The van der Waals surface area contributed by atoms with E-state index < -0.39 is 6.36 Å². The van der Waals surface area contributed by atoms with Crippen molar-refractivity contribution in [3.63, 3.8) is 0 Å². The molecule has 10 heteroatoms. The molecule has 0 bridgehead atoms. The molecule has 158 valence electrons. The molecule has 1 N–H and O–H groups in total. The minimum atomic E-state index is -4.70. The Kier molecular flexibility index (Phi) is 6.63. The number of ether oxygens (including phenoxy) is 1. The molecule has 1 aromatic carbocycles. The van der Waals surface area contributed by atoms with Gasteiger partial charge in [-0.05, 0) is 56.8 Å². The van der Waals surface area contributed by atoms with Crippen LogP contribution in [0.2, 0.25) is 0 Å². The molecule has 1 aliphatic heterocycles. The number of nitrogens with zero attached hydrogens (tertiary/aromatic N) is 3. The molecule has 1 saturated heterocycles. The standard InChI is InChI=1S/C19H23F3N4O2S/c1-13-17(14(2)28-24-13)12-25-8-3-9-26(11-10-25)18(29)23-15-4-6-16(7-5-15)27-19(20,21)22/h4-7H,3,8-12H2,1-2H3,(H,23,29). The first-order chi connectivity index (χ1) is 13.7. The molecule has 29 heavy (non-hydrogen) atoms. The number of anilines is 1. The van der Waals surface area contributed by atoms with Crippen LogP contribution in [0.4, 0.5) is 18.9 Å². The molecule has 1 fully saturated rings. The second-order valence-corrected chi connectivity index (χ2v) is 7.31. The van der Waals surface area contributed by atoms with Gasteiger partial charge in [-0.15, -0.1) is 13.2 Å². The van der Waals surface area contributed by atoms with Gasteiger partial charge in [0, 0.05) is 44.0 Å². The first-order valence-corrected chi connectivity index (χ1v) is 9.68. The molecule has 6 nitrogen and oxygen atoms in total. The molecule has 0 amide bonds. The zero-order valence-electron chi connectivity index (χ0n) is 16.3. The lowest BCUT2D eigenvalue weighted by molar-refractivity contribution is -0.274. The maximum Gasteiger partial charge on any atom is 0.573 e. The monoisotopic (exact) mass is 428 g/mol. The Labute approximate surface area is 172 Å². The summed E-state index contributed by atoms with van der Waals surface area (Å²) < 4.78 is 45.9. The van der Waals surface area contributed by atoms with Crippen LogP contribution in [-0.2, 0) is 6.54 Å². The van der Waals surface area contributed by atoms with Gasteiger partial charge in [-0.1, -0.05) is 5.16 Å². The van der Waals surface area contributed by atoms with Crippen LogP contribution in [0, 0.1) is 13.8 Å². The normalized spacial score (nSPS) is 15.8. The topological polar surface area (TPSA) is 53.8 Å². The van der Waals surface area contributed by atoms with E-state index in [-0.39, 0.29) is 5.75 Å². The number of benzene rings is 1. The largest absolute Gasteiger partial charge is 0.573 e. The highest BCUT2D eigenvalue weighted by molar-refractivity contribution is 7.80. The molecule has 0 atom stereocenters. The van der Waals surface area contributed by atoms with E-state index in [1.807, 2.05) is 13.8 Å². The summed E-state index contributed by atoms with van der Waals surface area (Å²) in [6.07, 6.45) is -3.75. The van der Waals surface area contributed by atoms with Crippen molar-refractivity contribution in [1.82, 2.24) is 15.0 Å². The molecule has 1 aromatic heterocycles. The number of nitrogens with one attached hydrogen (secondary N) is 1. The summed E-state index contributed by atoms with van der Waals surface area (Å²) in [5.74, 6) is 0.581. The van der Waals surface area contributed by atoms with Crippen molar-refractivity contribution in [2.45, 2.75) is 33.2 Å². The van der Waals surface area contributed by atoms with Crippen LogP contribution < -0.4 is 10.1 Å². The predicted octanol–water partition coefficient (Wildman–Crippen LogP) is 4.09. The third-order valence-corrected chi connectivity index (χ3v) is 5.14. The highest BCUT2D eigenvalue weighted by Gasteiger charge is 2.31. The summed E-state index contributed by atoms with van der Waals surface area (Å²) in [5.41, 5.74) is 2.65. The second-order valence-electron chi connectivity index (χ2n) is 6.92. The number of halogens is 3. The summed E-state index contributed by atoms with van der Waals surface area (Å²) in [4.78, 5) is 4.42. The van der Waals surface area contributed by atoms with Crippen molar-refractivity contribution in [2.75, 3.05) is 31.5 Å². The van der Waals surface area contributed by atoms with Crippen LogP contribution in [0.1, 0.15) is 23.4 Å². The van der Waals surface area contributed by atoms with E-state index in [0.29, 0.717) is 10.8 Å². The van der Waals surface area contributed by atoms with Crippen LogP contribution in [0.3, 0.4) is 0 Å². The summed E-state index contributed by atoms with van der Waals surface area (Å²) in [7, 11) is 0. The fourth-order valence-corrected chi connectivity index (χ4v) is 3.53. The molecule has 2 heterocycles. The lowest BCUT2D eigenvalue weighted by atomic mass is 10.2. The second kappa shape index (κ2) is 9.00. The van der Waals surface area contributed by atoms with Gasteiger partial charge in [0.15, 0.2) is 5.11 Å². The maximum atomic E-state index is 12.3. The van der Waals surface area contributed by atoms with Gasteiger partial charge in [-0.25, -0.2) is 0 Å². The van der Waals surface area contributed by atoms with E-state index in [1.54, 1.807) is 0 Å². The van der Waals surface area contributed by atoms with Crippen molar-refractivity contribution in [2.24, 2.45) is 0 Å². The first-order valence-electron chi connectivity index (χ1n) is 9.27. The third kappa shape index (κ3) is 6.07. The quantitative estimate of drug-likeness (QED) is 0.736. The molecular weight excluding hydrogens is 405 g/mol. The molecule has 2 aromatic rings. The molecule has 0 saturated carbocycles. The van der Waals surface area contributed by atoms with Crippen LogP contribution in [0.15, 0.2) is 28.8 Å². The first kappa shape index (κ1) is 21.4. The van der Waals surface area contributed by atoms with E-state index in [2.05, 4.69) is 25.0 Å². The minimum Gasteiger partial charge on any atom is -0.406 e. The third-order valence-electron chi connectivity index (χ3n) is 4.78. The lowest BCUT2D eigenvalue weighted by Gasteiger charge is -2.24. The van der Waals surface area contributed by atoms with Gasteiger partial charge >= 0.3 is 6.36 Å². The van der Waals surface area contributed by atoms with Gasteiger partial charge in [0.1, 0.15) is 11.5 Å². The number of thiocarbonyl (C=S) groups is 1. The Bertz CT molecular complexity index is 819. The minimum absolute atomic E-state index is 0.265. The summed E-state index contributed by atoms with van der Waals surface area (Å²) >= 11 is 5.49.